The lowest BCUT2D eigenvalue weighted by Crippen LogP contribution is -2.49. The molecular weight excluding hydrogens is 360 g/mol. The number of hydrogen-bond donors (Lipinski definition) is 1. The van der Waals surface area contributed by atoms with Gasteiger partial charge in [0.2, 0.25) is 0 Å². The smallest absolute Gasteiger partial charge is 0.272 e. The third-order valence-corrected chi connectivity index (χ3v) is 5.26. The van der Waals surface area contributed by atoms with E-state index in [1.165, 1.54) is 16.8 Å². The first kappa shape index (κ1) is 19.0. The fourth-order valence-electron chi connectivity index (χ4n) is 3.58. The normalized spacial score (nSPS) is 14.0. The SMILES string of the molecule is Cc1cccc(N2CCN(C(=O)c3ccc(NCc4ccccc4)cn3)CC2)c1. The monoisotopic (exact) mass is 386 g/mol. The van der Waals surface area contributed by atoms with Crippen LogP contribution in [0.2, 0.25) is 0 Å². The van der Waals surface area contributed by atoms with Crippen molar-refractivity contribution >= 4 is 17.3 Å². The molecule has 1 aromatic heterocycles. The van der Waals surface area contributed by atoms with E-state index in [4.69, 9.17) is 0 Å². The summed E-state index contributed by atoms with van der Waals surface area (Å²) in [4.78, 5) is 21.4. The molecule has 1 fully saturated rings. The van der Waals surface area contributed by atoms with E-state index in [1.54, 1.807) is 6.20 Å². The lowest BCUT2D eigenvalue weighted by Gasteiger charge is -2.36. The molecule has 0 atom stereocenters. The molecule has 0 radical (unpaired) electrons. The first-order valence-electron chi connectivity index (χ1n) is 10.0. The zero-order valence-corrected chi connectivity index (χ0v) is 16.7. The molecule has 1 saturated heterocycles. The second-order valence-corrected chi connectivity index (χ2v) is 7.39. The van der Waals surface area contributed by atoms with E-state index in [2.05, 4.69) is 58.5 Å². The number of aryl methyl sites for hydroxylation is 1. The number of amides is 1. The molecule has 29 heavy (non-hydrogen) atoms. The van der Waals surface area contributed by atoms with Gasteiger partial charge >= 0.3 is 0 Å². The maximum Gasteiger partial charge on any atom is 0.272 e. The molecule has 0 spiro atoms. The molecule has 5 heteroatoms. The Bertz CT molecular complexity index is 948. The van der Waals surface area contributed by atoms with Crippen molar-refractivity contribution in [2.75, 3.05) is 36.4 Å². The van der Waals surface area contributed by atoms with Crippen molar-refractivity contribution in [3.8, 4) is 0 Å². The van der Waals surface area contributed by atoms with Gasteiger partial charge in [0, 0.05) is 38.4 Å². The van der Waals surface area contributed by atoms with Crippen molar-refractivity contribution in [1.82, 2.24) is 9.88 Å². The summed E-state index contributed by atoms with van der Waals surface area (Å²) in [5, 5.41) is 3.34. The number of hydrogen-bond acceptors (Lipinski definition) is 4. The number of carbonyl (C=O) groups excluding carboxylic acids is 1. The summed E-state index contributed by atoms with van der Waals surface area (Å²) in [6, 6.07) is 22.5. The summed E-state index contributed by atoms with van der Waals surface area (Å²) >= 11 is 0. The minimum atomic E-state index is 0.00324. The topological polar surface area (TPSA) is 48.5 Å². The highest BCUT2D eigenvalue weighted by molar-refractivity contribution is 5.92. The molecule has 3 aromatic rings. The molecule has 0 bridgehead atoms. The van der Waals surface area contributed by atoms with Crippen LogP contribution in [0.4, 0.5) is 11.4 Å². The Hall–Kier alpha value is -3.34. The second kappa shape index (κ2) is 8.78. The van der Waals surface area contributed by atoms with E-state index in [9.17, 15) is 4.79 Å². The quantitative estimate of drug-likeness (QED) is 0.721. The summed E-state index contributed by atoms with van der Waals surface area (Å²) in [6.45, 7) is 5.94. The van der Waals surface area contributed by atoms with Gasteiger partial charge in [0.25, 0.3) is 5.91 Å². The molecule has 1 N–H and O–H groups in total. The van der Waals surface area contributed by atoms with Crippen LogP contribution in [-0.4, -0.2) is 42.0 Å². The summed E-state index contributed by atoms with van der Waals surface area (Å²) in [5.74, 6) is 0.00324. The number of piperazine rings is 1. The Morgan fingerprint density at radius 2 is 1.76 bits per heavy atom. The third kappa shape index (κ3) is 4.74. The van der Waals surface area contributed by atoms with Crippen molar-refractivity contribution in [3.63, 3.8) is 0 Å². The van der Waals surface area contributed by atoms with Gasteiger partial charge in [0.1, 0.15) is 5.69 Å². The zero-order chi connectivity index (χ0) is 20.1. The highest BCUT2D eigenvalue weighted by Crippen LogP contribution is 2.19. The van der Waals surface area contributed by atoms with Crippen LogP contribution < -0.4 is 10.2 Å². The average molecular weight is 386 g/mol. The first-order chi connectivity index (χ1) is 14.2. The molecule has 4 rings (SSSR count). The van der Waals surface area contributed by atoms with Gasteiger partial charge in [-0.1, -0.05) is 42.5 Å². The maximum absolute atomic E-state index is 12.8. The van der Waals surface area contributed by atoms with Crippen molar-refractivity contribution in [3.05, 3.63) is 89.7 Å². The molecule has 2 heterocycles. The molecule has 148 valence electrons. The van der Waals surface area contributed by atoms with Crippen LogP contribution >= 0.6 is 0 Å². The van der Waals surface area contributed by atoms with E-state index < -0.39 is 0 Å². The number of aromatic nitrogens is 1. The number of nitrogens with one attached hydrogen (secondary N) is 1. The van der Waals surface area contributed by atoms with E-state index in [-0.39, 0.29) is 5.91 Å². The molecule has 0 unspecified atom stereocenters. The second-order valence-electron chi connectivity index (χ2n) is 7.39. The molecule has 0 saturated carbocycles. The third-order valence-electron chi connectivity index (χ3n) is 5.26. The van der Waals surface area contributed by atoms with E-state index in [1.807, 2.05) is 35.2 Å². The Morgan fingerprint density at radius 1 is 0.966 bits per heavy atom. The van der Waals surface area contributed by atoms with Gasteiger partial charge in [-0.05, 0) is 42.3 Å². The van der Waals surface area contributed by atoms with Crippen LogP contribution in [0.1, 0.15) is 21.6 Å². The van der Waals surface area contributed by atoms with Gasteiger partial charge < -0.3 is 15.1 Å². The van der Waals surface area contributed by atoms with Gasteiger partial charge in [-0.25, -0.2) is 4.98 Å². The van der Waals surface area contributed by atoms with Crippen LogP contribution in [0.5, 0.6) is 0 Å². The predicted molar refractivity (Wildman–Crippen MR) is 117 cm³/mol. The van der Waals surface area contributed by atoms with Crippen LogP contribution in [0.25, 0.3) is 0 Å². The van der Waals surface area contributed by atoms with Crippen molar-refractivity contribution in [2.24, 2.45) is 0 Å². The van der Waals surface area contributed by atoms with Gasteiger partial charge in [-0.2, -0.15) is 0 Å². The van der Waals surface area contributed by atoms with E-state index in [0.29, 0.717) is 18.8 Å². The van der Waals surface area contributed by atoms with E-state index in [0.717, 1.165) is 25.3 Å². The number of benzene rings is 2. The van der Waals surface area contributed by atoms with Gasteiger partial charge in [-0.15, -0.1) is 0 Å². The number of pyridine rings is 1. The molecule has 5 nitrogen and oxygen atoms in total. The lowest BCUT2D eigenvalue weighted by molar-refractivity contribution is 0.0741. The Morgan fingerprint density at radius 3 is 2.45 bits per heavy atom. The number of carbonyl (C=O) groups is 1. The molecule has 1 aliphatic rings. The largest absolute Gasteiger partial charge is 0.380 e. The molecular formula is C24H26N4O. The van der Waals surface area contributed by atoms with E-state index >= 15 is 0 Å². The maximum atomic E-state index is 12.8. The lowest BCUT2D eigenvalue weighted by atomic mass is 10.2. The molecule has 2 aromatic carbocycles. The van der Waals surface area contributed by atoms with Crippen molar-refractivity contribution < 1.29 is 4.79 Å². The van der Waals surface area contributed by atoms with Crippen LogP contribution in [0.3, 0.4) is 0 Å². The fourth-order valence-corrected chi connectivity index (χ4v) is 3.58. The van der Waals surface area contributed by atoms with Crippen LogP contribution in [0.15, 0.2) is 72.9 Å². The Labute approximate surface area is 172 Å². The summed E-state index contributed by atoms with van der Waals surface area (Å²) in [7, 11) is 0. The highest BCUT2D eigenvalue weighted by atomic mass is 16.2. The highest BCUT2D eigenvalue weighted by Gasteiger charge is 2.23. The van der Waals surface area contributed by atoms with Crippen LogP contribution in [-0.2, 0) is 6.54 Å². The standard InChI is InChI=1S/C24H26N4O/c1-19-6-5-9-22(16-19)27-12-14-28(15-13-27)24(29)23-11-10-21(18-26-23)25-17-20-7-3-2-4-8-20/h2-11,16,18,25H,12-15,17H2,1H3. The fraction of sp³-hybridized carbons (Fsp3) is 0.250. The number of anilines is 2. The Kier molecular flexibility index (Phi) is 5.75. The minimum absolute atomic E-state index is 0.00324. The minimum Gasteiger partial charge on any atom is -0.380 e. The molecule has 0 aliphatic carbocycles. The molecule has 1 amide bonds. The average Bonchev–Trinajstić information content (AvgIpc) is 2.78. The van der Waals surface area contributed by atoms with Crippen LogP contribution in [0, 0.1) is 6.92 Å². The summed E-state index contributed by atoms with van der Waals surface area (Å²) < 4.78 is 0. The predicted octanol–water partition coefficient (Wildman–Crippen LogP) is 3.96. The van der Waals surface area contributed by atoms with Gasteiger partial charge in [0.05, 0.1) is 11.9 Å². The Balaban J connectivity index is 1.31. The first-order valence-corrected chi connectivity index (χ1v) is 10.0. The summed E-state index contributed by atoms with van der Waals surface area (Å²) in [5.41, 5.74) is 5.10. The molecule has 1 aliphatic heterocycles. The zero-order valence-electron chi connectivity index (χ0n) is 16.7. The summed E-state index contributed by atoms with van der Waals surface area (Å²) in [6.07, 6.45) is 1.74. The number of nitrogens with zero attached hydrogens (tertiary/aromatic N) is 3. The van der Waals surface area contributed by atoms with Gasteiger partial charge in [-0.3, -0.25) is 4.79 Å². The van der Waals surface area contributed by atoms with Crippen molar-refractivity contribution in [2.45, 2.75) is 13.5 Å². The number of rotatable bonds is 5. The van der Waals surface area contributed by atoms with Crippen molar-refractivity contribution in [1.29, 1.82) is 0 Å². The van der Waals surface area contributed by atoms with Gasteiger partial charge in [0.15, 0.2) is 0 Å².